The first-order valence-electron chi connectivity index (χ1n) is 7.25. The van der Waals surface area contributed by atoms with Crippen LogP contribution < -0.4 is 0 Å². The van der Waals surface area contributed by atoms with Gasteiger partial charge in [0.25, 0.3) is 0 Å². The molecule has 0 aromatic rings. The minimum absolute atomic E-state index is 0.0898. The van der Waals surface area contributed by atoms with Crippen LogP contribution >= 0.6 is 0 Å². The molecular formula is C14H24O6. The number of unbranched alkanes of at least 4 members (excludes halogenated alkanes) is 1. The molecule has 0 aromatic heterocycles. The van der Waals surface area contributed by atoms with Crippen molar-refractivity contribution >= 4 is 11.9 Å². The average Bonchev–Trinajstić information content (AvgIpc) is 2.46. The topological polar surface area (TPSA) is 93.1 Å². The van der Waals surface area contributed by atoms with Gasteiger partial charge < -0.3 is 19.7 Å². The first kappa shape index (κ1) is 16.9. The van der Waals surface area contributed by atoms with Crippen LogP contribution in [0.15, 0.2) is 0 Å². The predicted molar refractivity (Wildman–Crippen MR) is 70.4 cm³/mol. The molecule has 6 heteroatoms. The summed E-state index contributed by atoms with van der Waals surface area (Å²) in [4.78, 5) is 23.3. The van der Waals surface area contributed by atoms with Crippen molar-refractivity contribution in [2.45, 2.75) is 76.8 Å². The summed E-state index contributed by atoms with van der Waals surface area (Å²) < 4.78 is 9.81. The molecule has 116 valence electrons. The number of cyclic esters (lactones) is 2. The van der Waals surface area contributed by atoms with Crippen molar-refractivity contribution in [2.75, 3.05) is 0 Å². The number of hydrogen-bond acceptors (Lipinski definition) is 6. The number of hydrogen-bond donors (Lipinski definition) is 2. The summed E-state index contributed by atoms with van der Waals surface area (Å²) in [6, 6.07) is 0. The standard InChI is InChI=1S/C14H24O6/c1-3-5-10-13(17,4-2)14(18)19-11(15)8-6-7-9-12(16)20-14/h17-18H,3-10H2,1-2H3. The quantitative estimate of drug-likeness (QED) is 0.747. The summed E-state index contributed by atoms with van der Waals surface area (Å²) in [5, 5.41) is 21.0. The number of ether oxygens (including phenoxy) is 2. The molecular weight excluding hydrogens is 264 g/mol. The van der Waals surface area contributed by atoms with E-state index in [0.29, 0.717) is 19.3 Å². The van der Waals surface area contributed by atoms with Crippen molar-refractivity contribution in [2.24, 2.45) is 0 Å². The van der Waals surface area contributed by atoms with E-state index in [1.807, 2.05) is 6.92 Å². The first-order valence-corrected chi connectivity index (χ1v) is 7.25. The molecule has 1 unspecified atom stereocenters. The SMILES string of the molecule is CCCCC(O)(CC)C1(O)OC(=O)CCCCC(=O)O1. The fraction of sp³-hybridized carbons (Fsp3) is 0.857. The Kier molecular flexibility index (Phi) is 5.95. The van der Waals surface area contributed by atoms with Crippen LogP contribution in [0.4, 0.5) is 0 Å². The lowest BCUT2D eigenvalue weighted by Crippen LogP contribution is -2.59. The van der Waals surface area contributed by atoms with Gasteiger partial charge in [-0.25, -0.2) is 0 Å². The molecule has 1 aliphatic rings. The third-order valence-electron chi connectivity index (χ3n) is 3.63. The Morgan fingerprint density at radius 1 is 1.15 bits per heavy atom. The number of rotatable bonds is 5. The van der Waals surface area contributed by atoms with Gasteiger partial charge in [0.1, 0.15) is 0 Å². The van der Waals surface area contributed by atoms with Crippen LogP contribution in [0, 0.1) is 0 Å². The Morgan fingerprint density at radius 2 is 1.65 bits per heavy atom. The van der Waals surface area contributed by atoms with E-state index in [4.69, 9.17) is 9.47 Å². The lowest BCUT2D eigenvalue weighted by molar-refractivity contribution is -0.394. The summed E-state index contributed by atoms with van der Waals surface area (Å²) in [5.74, 6) is -3.95. The Hall–Kier alpha value is -1.14. The Labute approximate surface area is 119 Å². The number of carbonyl (C=O) groups is 2. The van der Waals surface area contributed by atoms with Crippen molar-refractivity contribution in [3.8, 4) is 0 Å². The molecule has 0 bridgehead atoms. The second-order valence-corrected chi connectivity index (χ2v) is 5.23. The molecule has 1 heterocycles. The van der Waals surface area contributed by atoms with Gasteiger partial charge in [-0.05, 0) is 25.7 Å². The molecule has 0 aromatic carbocycles. The zero-order valence-corrected chi connectivity index (χ0v) is 12.2. The predicted octanol–water partition coefficient (Wildman–Crippen LogP) is 1.62. The van der Waals surface area contributed by atoms with Gasteiger partial charge in [-0.3, -0.25) is 9.59 Å². The highest BCUT2D eigenvalue weighted by molar-refractivity contribution is 5.73. The first-order chi connectivity index (χ1) is 9.37. The van der Waals surface area contributed by atoms with E-state index in [1.54, 1.807) is 6.92 Å². The molecule has 0 aliphatic carbocycles. The number of carbonyl (C=O) groups excluding carboxylic acids is 2. The summed E-state index contributed by atoms with van der Waals surface area (Å²) in [7, 11) is 0. The van der Waals surface area contributed by atoms with Crippen molar-refractivity contribution in [1.29, 1.82) is 0 Å². The lowest BCUT2D eigenvalue weighted by atomic mass is 9.90. The average molecular weight is 288 g/mol. The second kappa shape index (κ2) is 7.04. The van der Waals surface area contributed by atoms with Crippen LogP contribution in [0.1, 0.15) is 65.2 Å². The molecule has 1 atom stereocenters. The van der Waals surface area contributed by atoms with Crippen LogP contribution in [0.25, 0.3) is 0 Å². The van der Waals surface area contributed by atoms with Gasteiger partial charge in [0, 0.05) is 12.8 Å². The highest BCUT2D eigenvalue weighted by Gasteiger charge is 2.55. The Balaban J connectivity index is 3.01. The molecule has 0 saturated carbocycles. The van der Waals surface area contributed by atoms with Gasteiger partial charge in [0.2, 0.25) is 0 Å². The lowest BCUT2D eigenvalue weighted by Gasteiger charge is -2.39. The zero-order valence-electron chi connectivity index (χ0n) is 12.2. The fourth-order valence-corrected chi connectivity index (χ4v) is 2.19. The van der Waals surface area contributed by atoms with Crippen LogP contribution in [0.2, 0.25) is 0 Å². The maximum atomic E-state index is 11.7. The maximum absolute atomic E-state index is 11.7. The van der Waals surface area contributed by atoms with Crippen molar-refractivity contribution < 1.29 is 29.3 Å². The van der Waals surface area contributed by atoms with Crippen molar-refractivity contribution in [1.82, 2.24) is 0 Å². The third kappa shape index (κ3) is 3.93. The molecule has 0 radical (unpaired) electrons. The largest absolute Gasteiger partial charge is 0.404 e. The van der Waals surface area contributed by atoms with E-state index < -0.39 is 23.5 Å². The van der Waals surface area contributed by atoms with E-state index in [2.05, 4.69) is 0 Å². The molecule has 0 amide bonds. The van der Waals surface area contributed by atoms with E-state index in [0.717, 1.165) is 6.42 Å². The second-order valence-electron chi connectivity index (χ2n) is 5.23. The summed E-state index contributed by atoms with van der Waals surface area (Å²) in [6.45, 7) is 3.57. The highest BCUT2D eigenvalue weighted by atomic mass is 16.9. The van der Waals surface area contributed by atoms with E-state index >= 15 is 0 Å². The molecule has 2 N–H and O–H groups in total. The summed E-state index contributed by atoms with van der Waals surface area (Å²) >= 11 is 0. The van der Waals surface area contributed by atoms with E-state index in [-0.39, 0.29) is 25.7 Å². The Morgan fingerprint density at radius 3 is 2.05 bits per heavy atom. The molecule has 1 saturated heterocycles. The van der Waals surface area contributed by atoms with Gasteiger partial charge >= 0.3 is 17.9 Å². The van der Waals surface area contributed by atoms with Gasteiger partial charge in [0.15, 0.2) is 5.60 Å². The van der Waals surface area contributed by atoms with E-state index in [9.17, 15) is 19.8 Å². The molecule has 20 heavy (non-hydrogen) atoms. The van der Waals surface area contributed by atoms with Crippen molar-refractivity contribution in [3.05, 3.63) is 0 Å². The molecule has 6 nitrogen and oxygen atoms in total. The summed E-state index contributed by atoms with van der Waals surface area (Å²) in [6.07, 6.45) is 2.84. The molecule has 0 spiro atoms. The fourth-order valence-electron chi connectivity index (χ4n) is 2.19. The minimum Gasteiger partial charge on any atom is -0.396 e. The number of esters is 2. The summed E-state index contributed by atoms with van der Waals surface area (Å²) in [5.41, 5.74) is -1.79. The zero-order chi connectivity index (χ0) is 15.2. The monoisotopic (exact) mass is 288 g/mol. The molecule has 1 rings (SSSR count). The highest BCUT2D eigenvalue weighted by Crippen LogP contribution is 2.35. The number of aliphatic hydroxyl groups is 2. The smallest absolute Gasteiger partial charge is 0.396 e. The van der Waals surface area contributed by atoms with E-state index in [1.165, 1.54) is 0 Å². The van der Waals surface area contributed by atoms with Gasteiger partial charge in [-0.2, -0.15) is 0 Å². The van der Waals surface area contributed by atoms with Crippen LogP contribution in [0.5, 0.6) is 0 Å². The van der Waals surface area contributed by atoms with Crippen molar-refractivity contribution in [3.63, 3.8) is 0 Å². The maximum Gasteiger partial charge on any atom is 0.404 e. The van der Waals surface area contributed by atoms with Crippen LogP contribution in [-0.4, -0.2) is 33.7 Å². The van der Waals surface area contributed by atoms with Gasteiger partial charge in [-0.1, -0.05) is 26.7 Å². The molecule has 1 fully saturated rings. The van der Waals surface area contributed by atoms with Crippen LogP contribution in [0.3, 0.4) is 0 Å². The van der Waals surface area contributed by atoms with Gasteiger partial charge in [-0.15, -0.1) is 0 Å². The molecule has 1 aliphatic heterocycles. The van der Waals surface area contributed by atoms with Crippen LogP contribution in [-0.2, 0) is 19.1 Å². The Bertz CT molecular complexity index is 334. The third-order valence-corrected chi connectivity index (χ3v) is 3.63. The van der Waals surface area contributed by atoms with Gasteiger partial charge in [0.05, 0.1) is 0 Å². The minimum atomic E-state index is -2.60. The normalized spacial score (nSPS) is 22.8.